The van der Waals surface area contributed by atoms with Crippen molar-refractivity contribution in [2.75, 3.05) is 0 Å². The van der Waals surface area contributed by atoms with Crippen LogP contribution in [-0.2, 0) is 17.6 Å². The van der Waals surface area contributed by atoms with Crippen LogP contribution in [0.25, 0.3) is 11.1 Å². The lowest BCUT2D eigenvalue weighted by Gasteiger charge is -2.28. The highest BCUT2D eigenvalue weighted by atomic mass is 35.5. The van der Waals surface area contributed by atoms with Gasteiger partial charge in [0.2, 0.25) is 0 Å². The summed E-state index contributed by atoms with van der Waals surface area (Å²) in [6.45, 7) is 0. The van der Waals surface area contributed by atoms with Crippen LogP contribution in [-0.4, -0.2) is 16.6 Å². The molecule has 0 fully saturated rings. The molecule has 29 heavy (non-hydrogen) atoms. The van der Waals surface area contributed by atoms with Crippen LogP contribution in [0.2, 0.25) is 5.02 Å². The number of fused-ring (bicyclic) bond motifs is 1. The molecule has 1 aliphatic rings. The second-order valence-electron chi connectivity index (χ2n) is 7.30. The standard InChI is InChI=1S/C23H20ClNO3.ClH/c24-18-8-5-16(6-9-18)20-3-1-2-4-21(20)28-19-10-7-15-11-12-23(25,22(26)27)14-17(15)13-19;/h1-10,13H,11-12,14,25H2,(H,26,27);1H. The molecule has 1 atom stereocenters. The molecule has 150 valence electrons. The van der Waals surface area contributed by atoms with Gasteiger partial charge in [0.1, 0.15) is 11.5 Å². The lowest BCUT2D eigenvalue weighted by molar-refractivity contribution is -0.464. The molecule has 3 aromatic rings. The minimum Gasteiger partial charge on any atom is -1.00 e. The molecule has 4 rings (SSSR count). The number of carbonyl (C=O) groups is 1. The molecule has 0 heterocycles. The van der Waals surface area contributed by atoms with Gasteiger partial charge in [0.25, 0.3) is 0 Å². The van der Waals surface area contributed by atoms with Crippen LogP contribution in [0.1, 0.15) is 17.5 Å². The maximum absolute atomic E-state index is 11.6. The topological polar surface area (TPSA) is 74.2 Å². The van der Waals surface area contributed by atoms with Gasteiger partial charge in [0, 0.05) is 23.4 Å². The third-order valence-corrected chi connectivity index (χ3v) is 5.56. The summed E-state index contributed by atoms with van der Waals surface area (Å²) < 4.78 is 6.19. The zero-order chi connectivity index (χ0) is 19.7. The Bertz CT molecular complexity index is 1040. The number of aliphatic carboxylic acids is 1. The van der Waals surface area contributed by atoms with Crippen molar-refractivity contribution in [3.8, 4) is 22.6 Å². The number of carboxylic acids is 1. The summed E-state index contributed by atoms with van der Waals surface area (Å²) in [6, 6.07) is 21.4. The number of rotatable bonds is 4. The zero-order valence-electron chi connectivity index (χ0n) is 15.7. The van der Waals surface area contributed by atoms with Crippen LogP contribution in [0, 0.1) is 0 Å². The number of quaternary nitrogens is 1. The molecule has 0 amide bonds. The minimum absolute atomic E-state index is 0. The van der Waals surface area contributed by atoms with Gasteiger partial charge in [-0.25, -0.2) is 4.79 Å². The molecule has 1 aliphatic carbocycles. The minimum atomic E-state index is -0.965. The molecule has 3 aromatic carbocycles. The maximum Gasteiger partial charge on any atom is 0.365 e. The Morgan fingerprint density at radius 3 is 2.48 bits per heavy atom. The van der Waals surface area contributed by atoms with Gasteiger partial charge in [-0.3, -0.25) is 0 Å². The van der Waals surface area contributed by atoms with E-state index >= 15 is 0 Å². The first-order valence-corrected chi connectivity index (χ1v) is 9.56. The summed E-state index contributed by atoms with van der Waals surface area (Å²) in [5, 5.41) is 10.2. The molecule has 4 nitrogen and oxygen atoms in total. The highest BCUT2D eigenvalue weighted by Gasteiger charge is 2.41. The van der Waals surface area contributed by atoms with Crippen molar-refractivity contribution in [2.45, 2.75) is 24.8 Å². The van der Waals surface area contributed by atoms with Crippen LogP contribution in [0.3, 0.4) is 0 Å². The largest absolute Gasteiger partial charge is 1.00 e. The number of aryl methyl sites for hydroxylation is 1. The fourth-order valence-electron chi connectivity index (χ4n) is 3.63. The summed E-state index contributed by atoms with van der Waals surface area (Å²) in [5.74, 6) is 0.576. The molecule has 0 aliphatic heterocycles. The van der Waals surface area contributed by atoms with Crippen molar-refractivity contribution in [2.24, 2.45) is 0 Å². The van der Waals surface area contributed by atoms with Crippen molar-refractivity contribution in [3.05, 3.63) is 82.9 Å². The Balaban J connectivity index is 0.00000240. The summed E-state index contributed by atoms with van der Waals surface area (Å²) >= 11 is 6.00. The average molecular weight is 430 g/mol. The van der Waals surface area contributed by atoms with E-state index in [9.17, 15) is 9.90 Å². The predicted octanol–water partition coefficient (Wildman–Crippen LogP) is 1.36. The fraction of sp³-hybridized carbons (Fsp3) is 0.174. The van der Waals surface area contributed by atoms with Crippen LogP contribution in [0.5, 0.6) is 11.5 Å². The van der Waals surface area contributed by atoms with Gasteiger partial charge in [0.05, 0.1) is 0 Å². The Morgan fingerprint density at radius 2 is 1.76 bits per heavy atom. The van der Waals surface area contributed by atoms with Crippen LogP contribution >= 0.6 is 11.6 Å². The van der Waals surface area contributed by atoms with E-state index in [0.29, 0.717) is 30.0 Å². The van der Waals surface area contributed by atoms with Gasteiger partial charge in [-0.05, 0) is 53.4 Å². The van der Waals surface area contributed by atoms with Gasteiger partial charge in [-0.1, -0.05) is 48.0 Å². The highest BCUT2D eigenvalue weighted by Crippen LogP contribution is 2.36. The number of ether oxygens (including phenoxy) is 1. The molecule has 0 bridgehead atoms. The van der Waals surface area contributed by atoms with E-state index in [2.05, 4.69) is 5.73 Å². The predicted molar refractivity (Wildman–Crippen MR) is 109 cm³/mol. The number of hydrogen-bond acceptors (Lipinski definition) is 2. The molecule has 0 saturated carbocycles. The molecule has 0 saturated heterocycles. The van der Waals surface area contributed by atoms with Gasteiger partial charge in [-0.15, -0.1) is 0 Å². The average Bonchev–Trinajstić information content (AvgIpc) is 2.69. The molecule has 0 radical (unpaired) electrons. The molecule has 4 N–H and O–H groups in total. The lowest BCUT2D eigenvalue weighted by atomic mass is 9.78. The molecule has 0 aromatic heterocycles. The molecule has 6 heteroatoms. The molecular formula is C23H21Cl2NO3. The molecule has 1 unspecified atom stereocenters. The van der Waals surface area contributed by atoms with Gasteiger partial charge < -0.3 is 28.0 Å². The Labute approximate surface area is 180 Å². The summed E-state index contributed by atoms with van der Waals surface area (Å²) in [6.07, 6.45) is 1.68. The van der Waals surface area contributed by atoms with E-state index < -0.39 is 11.5 Å². The van der Waals surface area contributed by atoms with E-state index in [1.165, 1.54) is 5.56 Å². The van der Waals surface area contributed by atoms with E-state index in [-0.39, 0.29) is 12.4 Å². The van der Waals surface area contributed by atoms with Crippen LogP contribution < -0.4 is 22.9 Å². The number of para-hydroxylation sites is 1. The second kappa shape index (κ2) is 8.46. The third kappa shape index (κ3) is 4.40. The smallest absolute Gasteiger partial charge is 0.365 e. The third-order valence-electron chi connectivity index (χ3n) is 5.30. The van der Waals surface area contributed by atoms with Crippen molar-refractivity contribution in [1.29, 1.82) is 0 Å². The zero-order valence-corrected chi connectivity index (χ0v) is 17.2. The number of hydrogen-bond donors (Lipinski definition) is 2. The van der Waals surface area contributed by atoms with Crippen molar-refractivity contribution >= 4 is 17.6 Å². The summed E-state index contributed by atoms with van der Waals surface area (Å²) in [7, 11) is 0. The molecule has 0 spiro atoms. The fourth-order valence-corrected chi connectivity index (χ4v) is 3.76. The van der Waals surface area contributed by atoms with Gasteiger partial charge in [0.15, 0.2) is 5.54 Å². The SMILES string of the molecule is [Cl-].[NH3+]C1(C(=O)O)CCc2ccc(Oc3ccccc3-c3ccc(Cl)cc3)cc2C1. The summed E-state index contributed by atoms with van der Waals surface area (Å²) in [5.41, 5.74) is 7.12. The number of carboxylic acid groups (broad SMARTS) is 1. The quantitative estimate of drug-likeness (QED) is 0.657. The first-order valence-electron chi connectivity index (χ1n) is 9.18. The van der Waals surface area contributed by atoms with Crippen molar-refractivity contribution in [1.82, 2.24) is 0 Å². The highest BCUT2D eigenvalue weighted by molar-refractivity contribution is 6.30. The van der Waals surface area contributed by atoms with Crippen molar-refractivity contribution < 1.29 is 32.8 Å². The van der Waals surface area contributed by atoms with Gasteiger partial charge in [-0.2, -0.15) is 0 Å². The van der Waals surface area contributed by atoms with E-state index in [1.807, 2.05) is 66.7 Å². The number of halogens is 2. The van der Waals surface area contributed by atoms with Gasteiger partial charge >= 0.3 is 5.97 Å². The van der Waals surface area contributed by atoms with E-state index in [0.717, 1.165) is 22.4 Å². The Morgan fingerprint density at radius 1 is 1.03 bits per heavy atom. The maximum atomic E-state index is 11.6. The molecular weight excluding hydrogens is 409 g/mol. The first kappa shape index (κ1) is 21.2. The Hall–Kier alpha value is -2.53. The Kier molecular flexibility index (Phi) is 6.18. The van der Waals surface area contributed by atoms with E-state index in [4.69, 9.17) is 16.3 Å². The van der Waals surface area contributed by atoms with Crippen LogP contribution in [0.4, 0.5) is 0 Å². The second-order valence-corrected chi connectivity index (χ2v) is 7.73. The van der Waals surface area contributed by atoms with Crippen molar-refractivity contribution in [3.63, 3.8) is 0 Å². The lowest BCUT2D eigenvalue weighted by Crippen LogP contribution is -3.00. The monoisotopic (exact) mass is 429 g/mol. The summed E-state index contributed by atoms with van der Waals surface area (Å²) in [4.78, 5) is 11.6. The van der Waals surface area contributed by atoms with E-state index in [1.54, 1.807) is 0 Å². The normalized spacial score (nSPS) is 17.7. The number of benzene rings is 3. The first-order chi connectivity index (χ1) is 13.4. The van der Waals surface area contributed by atoms with Crippen LogP contribution in [0.15, 0.2) is 66.7 Å².